The molecule has 0 fully saturated rings. The lowest BCUT2D eigenvalue weighted by molar-refractivity contribution is 0.310. The molecule has 0 saturated heterocycles. The highest BCUT2D eigenvalue weighted by molar-refractivity contribution is 6.02. The van der Waals surface area contributed by atoms with Crippen LogP contribution in [-0.4, -0.2) is 24.9 Å². The Labute approximate surface area is 176 Å². The Kier molecular flexibility index (Phi) is 6.09. The summed E-state index contributed by atoms with van der Waals surface area (Å²) in [7, 11) is 1.69. The lowest BCUT2D eigenvalue weighted by Crippen LogP contribution is -1.97. The van der Waals surface area contributed by atoms with Crippen LogP contribution in [0, 0.1) is 0 Å². The lowest BCUT2D eigenvalue weighted by atomic mass is 10.0. The Morgan fingerprint density at radius 3 is 2.70 bits per heavy atom. The van der Waals surface area contributed by atoms with E-state index in [1.54, 1.807) is 13.3 Å². The molecule has 152 valence electrons. The van der Waals surface area contributed by atoms with Gasteiger partial charge in [-0.1, -0.05) is 37.6 Å². The molecule has 0 radical (unpaired) electrons. The molecule has 1 N–H and O–H groups in total. The summed E-state index contributed by atoms with van der Waals surface area (Å²) >= 11 is 0. The molecule has 0 saturated carbocycles. The van der Waals surface area contributed by atoms with Gasteiger partial charge in [0, 0.05) is 22.5 Å². The van der Waals surface area contributed by atoms with Crippen molar-refractivity contribution in [2.24, 2.45) is 5.10 Å². The van der Waals surface area contributed by atoms with Crippen LogP contribution < -0.4 is 14.9 Å². The van der Waals surface area contributed by atoms with E-state index in [4.69, 9.17) is 9.47 Å². The molecule has 5 heteroatoms. The van der Waals surface area contributed by atoms with Gasteiger partial charge in [-0.15, -0.1) is 0 Å². The van der Waals surface area contributed by atoms with Crippen molar-refractivity contribution in [2.75, 3.05) is 19.1 Å². The molecule has 0 bridgehead atoms. The van der Waals surface area contributed by atoms with Gasteiger partial charge in [0.25, 0.3) is 0 Å². The van der Waals surface area contributed by atoms with Gasteiger partial charge in [-0.2, -0.15) is 5.10 Å². The van der Waals surface area contributed by atoms with Crippen molar-refractivity contribution in [3.05, 3.63) is 72.4 Å². The zero-order valence-electron chi connectivity index (χ0n) is 17.3. The van der Waals surface area contributed by atoms with Crippen molar-refractivity contribution in [1.82, 2.24) is 4.98 Å². The fourth-order valence-corrected chi connectivity index (χ4v) is 3.40. The van der Waals surface area contributed by atoms with E-state index >= 15 is 0 Å². The largest absolute Gasteiger partial charge is 0.496 e. The van der Waals surface area contributed by atoms with Crippen molar-refractivity contribution in [3.8, 4) is 11.5 Å². The van der Waals surface area contributed by atoms with Crippen LogP contribution in [0.3, 0.4) is 0 Å². The Morgan fingerprint density at radius 2 is 1.87 bits per heavy atom. The van der Waals surface area contributed by atoms with Gasteiger partial charge in [-0.3, -0.25) is 10.4 Å². The molecule has 4 rings (SSSR count). The van der Waals surface area contributed by atoms with E-state index < -0.39 is 0 Å². The number of aromatic nitrogens is 1. The van der Waals surface area contributed by atoms with Crippen LogP contribution in [0.4, 0.5) is 5.69 Å². The molecule has 0 unspecified atom stereocenters. The van der Waals surface area contributed by atoms with Crippen molar-refractivity contribution in [3.63, 3.8) is 0 Å². The molecule has 1 aromatic heterocycles. The van der Waals surface area contributed by atoms with Crippen molar-refractivity contribution in [2.45, 2.75) is 19.8 Å². The first-order valence-electron chi connectivity index (χ1n) is 10.2. The highest BCUT2D eigenvalue weighted by Crippen LogP contribution is 2.28. The summed E-state index contributed by atoms with van der Waals surface area (Å²) in [5.74, 6) is 1.70. The van der Waals surface area contributed by atoms with E-state index in [0.29, 0.717) is 6.61 Å². The van der Waals surface area contributed by atoms with E-state index in [0.717, 1.165) is 57.3 Å². The maximum atomic E-state index is 5.85. The number of anilines is 1. The molecule has 0 aliphatic rings. The Hall–Kier alpha value is -3.60. The predicted molar refractivity (Wildman–Crippen MR) is 124 cm³/mol. The number of nitrogens with one attached hydrogen (secondary N) is 1. The minimum Gasteiger partial charge on any atom is -0.496 e. The first-order chi connectivity index (χ1) is 14.8. The van der Waals surface area contributed by atoms with E-state index in [1.807, 2.05) is 54.7 Å². The van der Waals surface area contributed by atoms with Crippen LogP contribution >= 0.6 is 0 Å². The van der Waals surface area contributed by atoms with Crippen molar-refractivity contribution in [1.29, 1.82) is 0 Å². The van der Waals surface area contributed by atoms with Gasteiger partial charge in [-0.05, 0) is 48.2 Å². The molecule has 1 heterocycles. The number of rotatable bonds is 8. The zero-order chi connectivity index (χ0) is 20.8. The maximum Gasteiger partial charge on any atom is 0.126 e. The summed E-state index contributed by atoms with van der Waals surface area (Å²) in [4.78, 5) is 4.44. The Bertz CT molecular complexity index is 1190. The third-order valence-electron chi connectivity index (χ3n) is 5.01. The molecule has 30 heavy (non-hydrogen) atoms. The highest BCUT2D eigenvalue weighted by atomic mass is 16.5. The summed E-state index contributed by atoms with van der Waals surface area (Å²) in [6.45, 7) is 2.87. The van der Waals surface area contributed by atoms with Gasteiger partial charge in [-0.25, -0.2) is 0 Å². The minimum absolute atomic E-state index is 0.716. The molecule has 5 nitrogen and oxygen atoms in total. The second-order valence-electron chi connectivity index (χ2n) is 7.01. The number of ether oxygens (including phenoxy) is 2. The Balaban J connectivity index is 1.60. The zero-order valence-corrected chi connectivity index (χ0v) is 17.3. The second-order valence-corrected chi connectivity index (χ2v) is 7.01. The van der Waals surface area contributed by atoms with Gasteiger partial charge in [0.05, 0.1) is 31.1 Å². The van der Waals surface area contributed by atoms with Crippen LogP contribution in [-0.2, 0) is 0 Å². The standard InChI is InChI=1S/C25H25N3O2/c1-3-4-15-30-19-10-11-23-22(16-19)24(13-14-26-23)28-27-17-18-9-12-25(29-2)21-8-6-5-7-20(18)21/h5-14,16-17H,3-4,15H2,1-2H3,(H,26,28). The molecular weight excluding hydrogens is 374 g/mol. The SMILES string of the molecule is CCCCOc1ccc2nccc(NN=Cc3ccc(OC)c4ccccc34)c2c1. The van der Waals surface area contributed by atoms with Gasteiger partial charge < -0.3 is 9.47 Å². The highest BCUT2D eigenvalue weighted by Gasteiger charge is 2.06. The smallest absolute Gasteiger partial charge is 0.126 e. The molecule has 0 atom stereocenters. The summed E-state index contributed by atoms with van der Waals surface area (Å²) in [5.41, 5.74) is 5.96. The monoisotopic (exact) mass is 399 g/mol. The Morgan fingerprint density at radius 1 is 1.00 bits per heavy atom. The number of benzene rings is 3. The molecule has 0 aliphatic carbocycles. The quantitative estimate of drug-likeness (QED) is 0.224. The number of nitrogens with zero attached hydrogens (tertiary/aromatic N) is 2. The maximum absolute atomic E-state index is 5.85. The number of unbranched alkanes of at least 4 members (excludes halogenated alkanes) is 1. The predicted octanol–water partition coefficient (Wildman–Crippen LogP) is 6.02. The van der Waals surface area contributed by atoms with Gasteiger partial charge in [0.15, 0.2) is 0 Å². The summed E-state index contributed by atoms with van der Waals surface area (Å²) < 4.78 is 11.3. The number of fused-ring (bicyclic) bond motifs is 2. The average molecular weight is 399 g/mol. The molecule has 4 aromatic rings. The first kappa shape index (κ1) is 19.7. The van der Waals surface area contributed by atoms with Gasteiger partial charge in [0.1, 0.15) is 11.5 Å². The van der Waals surface area contributed by atoms with Crippen molar-refractivity contribution >= 4 is 33.6 Å². The van der Waals surface area contributed by atoms with Crippen molar-refractivity contribution < 1.29 is 9.47 Å². The molecular formula is C25H25N3O2. The van der Waals surface area contributed by atoms with E-state index in [2.05, 4.69) is 34.6 Å². The third kappa shape index (κ3) is 4.20. The van der Waals surface area contributed by atoms with Crippen LogP contribution in [0.1, 0.15) is 25.3 Å². The number of hydrazone groups is 1. The van der Waals surface area contributed by atoms with Crippen LogP contribution in [0.15, 0.2) is 72.0 Å². The first-order valence-corrected chi connectivity index (χ1v) is 10.2. The normalized spacial score (nSPS) is 11.3. The van der Waals surface area contributed by atoms with Crippen LogP contribution in [0.2, 0.25) is 0 Å². The fourth-order valence-electron chi connectivity index (χ4n) is 3.40. The van der Waals surface area contributed by atoms with E-state index in [1.165, 1.54) is 0 Å². The van der Waals surface area contributed by atoms with Crippen LogP contribution in [0.25, 0.3) is 21.7 Å². The number of pyridine rings is 1. The van der Waals surface area contributed by atoms with Crippen LogP contribution in [0.5, 0.6) is 11.5 Å². The molecule has 3 aromatic carbocycles. The summed E-state index contributed by atoms with van der Waals surface area (Å²) in [6.07, 6.45) is 5.75. The lowest BCUT2D eigenvalue weighted by Gasteiger charge is -2.10. The fraction of sp³-hybridized carbons (Fsp3) is 0.200. The topological polar surface area (TPSA) is 55.7 Å². The summed E-state index contributed by atoms with van der Waals surface area (Å²) in [5, 5.41) is 7.62. The van der Waals surface area contributed by atoms with Gasteiger partial charge >= 0.3 is 0 Å². The van der Waals surface area contributed by atoms with E-state index in [-0.39, 0.29) is 0 Å². The molecule has 0 aliphatic heterocycles. The van der Waals surface area contributed by atoms with E-state index in [9.17, 15) is 0 Å². The molecule has 0 amide bonds. The number of hydrogen-bond donors (Lipinski definition) is 1. The average Bonchev–Trinajstić information content (AvgIpc) is 2.79. The van der Waals surface area contributed by atoms with Gasteiger partial charge in [0.2, 0.25) is 0 Å². The summed E-state index contributed by atoms with van der Waals surface area (Å²) in [6, 6.07) is 20.0. The second kappa shape index (κ2) is 9.27. The molecule has 0 spiro atoms. The number of hydrogen-bond acceptors (Lipinski definition) is 5. The third-order valence-corrected chi connectivity index (χ3v) is 5.01. The number of methoxy groups -OCH3 is 1. The minimum atomic E-state index is 0.716.